The molecule has 0 aliphatic carbocycles. The number of hydrogen-bond donors (Lipinski definition) is 2. The number of hydrogen-bond acceptors (Lipinski definition) is 2. The Morgan fingerprint density at radius 1 is 1.10 bits per heavy atom. The van der Waals surface area contributed by atoms with Gasteiger partial charge in [-0.15, -0.1) is 0 Å². The van der Waals surface area contributed by atoms with Gasteiger partial charge in [0, 0.05) is 35.2 Å². The summed E-state index contributed by atoms with van der Waals surface area (Å²) in [5, 5.41) is 10.7. The van der Waals surface area contributed by atoms with Crippen molar-refractivity contribution in [1.82, 2.24) is 20.1 Å². The van der Waals surface area contributed by atoms with Crippen molar-refractivity contribution in [2.24, 2.45) is 7.05 Å². The van der Waals surface area contributed by atoms with Crippen LogP contribution in [0.5, 0.6) is 0 Å². The van der Waals surface area contributed by atoms with Gasteiger partial charge in [0.2, 0.25) is 0 Å². The van der Waals surface area contributed by atoms with Crippen LogP contribution >= 0.6 is 0 Å². The SMILES string of the molecule is Cc1cc(-c2[nH]c3ccc(C4CCNCC4)cc3c2C(C)C)cc2cn(C)nc12. The molecule has 4 aromatic rings. The van der Waals surface area contributed by atoms with Crippen LogP contribution in [-0.4, -0.2) is 27.9 Å². The molecule has 0 radical (unpaired) electrons. The first-order valence-corrected chi connectivity index (χ1v) is 10.8. The molecule has 1 fully saturated rings. The largest absolute Gasteiger partial charge is 0.354 e. The fourth-order valence-corrected chi connectivity index (χ4v) is 5.04. The molecular formula is C25H30N4. The fraction of sp³-hybridized carbons (Fsp3) is 0.400. The van der Waals surface area contributed by atoms with Crippen LogP contribution in [0, 0.1) is 6.92 Å². The van der Waals surface area contributed by atoms with Crippen LogP contribution in [0.2, 0.25) is 0 Å². The Kier molecular flexibility index (Phi) is 4.47. The molecule has 1 saturated heterocycles. The standard InChI is InChI=1S/C25H30N4/c1-15(2)23-21-13-18(17-7-9-26-10-8-17)5-6-22(21)27-25(23)19-11-16(3)24-20(12-19)14-29(4)28-24/h5-6,11-15,17,26-27H,7-10H2,1-4H3. The third kappa shape index (κ3) is 3.16. The van der Waals surface area contributed by atoms with Crippen LogP contribution in [-0.2, 0) is 7.05 Å². The van der Waals surface area contributed by atoms with Crippen LogP contribution in [0.3, 0.4) is 0 Å². The van der Waals surface area contributed by atoms with Gasteiger partial charge < -0.3 is 10.3 Å². The van der Waals surface area contributed by atoms with Crippen molar-refractivity contribution in [3.63, 3.8) is 0 Å². The summed E-state index contributed by atoms with van der Waals surface area (Å²) in [7, 11) is 1.99. The summed E-state index contributed by atoms with van der Waals surface area (Å²) in [5.74, 6) is 1.12. The predicted octanol–water partition coefficient (Wildman–Crippen LogP) is 5.62. The second kappa shape index (κ2) is 7.03. The summed E-state index contributed by atoms with van der Waals surface area (Å²) in [4.78, 5) is 3.75. The minimum Gasteiger partial charge on any atom is -0.354 e. The molecule has 2 N–H and O–H groups in total. The number of aromatic nitrogens is 3. The lowest BCUT2D eigenvalue weighted by atomic mass is 9.88. The molecule has 3 heterocycles. The van der Waals surface area contributed by atoms with Gasteiger partial charge >= 0.3 is 0 Å². The fourth-order valence-electron chi connectivity index (χ4n) is 5.04. The number of benzene rings is 2. The third-order valence-corrected chi connectivity index (χ3v) is 6.45. The molecular weight excluding hydrogens is 356 g/mol. The maximum atomic E-state index is 4.61. The van der Waals surface area contributed by atoms with Gasteiger partial charge in [-0.25, -0.2) is 0 Å². The first kappa shape index (κ1) is 18.4. The molecule has 0 spiro atoms. The Balaban J connectivity index is 1.68. The molecule has 2 aromatic heterocycles. The Bertz CT molecular complexity index is 1190. The molecule has 4 heteroatoms. The molecule has 0 unspecified atom stereocenters. The Hall–Kier alpha value is -2.59. The van der Waals surface area contributed by atoms with Crippen molar-refractivity contribution in [3.8, 4) is 11.3 Å². The highest BCUT2D eigenvalue weighted by molar-refractivity contribution is 5.94. The van der Waals surface area contributed by atoms with Crippen molar-refractivity contribution in [2.45, 2.75) is 45.4 Å². The summed E-state index contributed by atoms with van der Waals surface area (Å²) < 4.78 is 1.90. The number of nitrogens with one attached hydrogen (secondary N) is 2. The lowest BCUT2D eigenvalue weighted by Crippen LogP contribution is -2.26. The van der Waals surface area contributed by atoms with E-state index < -0.39 is 0 Å². The van der Waals surface area contributed by atoms with Gasteiger partial charge in [-0.05, 0) is 91.2 Å². The molecule has 5 rings (SSSR count). The number of H-pyrrole nitrogens is 1. The normalized spacial score (nSPS) is 15.8. The zero-order valence-electron chi connectivity index (χ0n) is 17.8. The summed E-state index contributed by atoms with van der Waals surface area (Å²) in [6.07, 6.45) is 4.58. The highest BCUT2D eigenvalue weighted by Crippen LogP contribution is 2.39. The van der Waals surface area contributed by atoms with Gasteiger partial charge in [0.1, 0.15) is 0 Å². The molecule has 150 valence electrons. The quantitative estimate of drug-likeness (QED) is 0.480. The average molecular weight is 387 g/mol. The topological polar surface area (TPSA) is 45.6 Å². The number of nitrogens with zero attached hydrogens (tertiary/aromatic N) is 2. The first-order valence-electron chi connectivity index (χ1n) is 10.8. The van der Waals surface area contributed by atoms with Gasteiger partial charge in [0.05, 0.1) is 5.52 Å². The van der Waals surface area contributed by atoms with Gasteiger partial charge in [0.15, 0.2) is 0 Å². The summed E-state index contributed by atoms with van der Waals surface area (Å²) in [6.45, 7) is 9.02. The number of aryl methyl sites for hydroxylation is 2. The first-order chi connectivity index (χ1) is 14.0. The van der Waals surface area contributed by atoms with Crippen molar-refractivity contribution in [3.05, 3.63) is 53.2 Å². The number of piperidine rings is 1. The summed E-state index contributed by atoms with van der Waals surface area (Å²) >= 11 is 0. The van der Waals surface area contributed by atoms with Crippen LogP contribution in [0.25, 0.3) is 33.1 Å². The minimum atomic E-state index is 0.451. The monoisotopic (exact) mass is 386 g/mol. The zero-order valence-corrected chi connectivity index (χ0v) is 17.8. The van der Waals surface area contributed by atoms with E-state index in [0.29, 0.717) is 11.8 Å². The Morgan fingerprint density at radius 2 is 1.90 bits per heavy atom. The Morgan fingerprint density at radius 3 is 2.66 bits per heavy atom. The van der Waals surface area contributed by atoms with Crippen LogP contribution in [0.1, 0.15) is 55.2 Å². The lowest BCUT2D eigenvalue weighted by Gasteiger charge is -2.23. The molecule has 0 saturated carbocycles. The zero-order chi connectivity index (χ0) is 20.1. The Labute approximate surface area is 172 Å². The molecule has 4 nitrogen and oxygen atoms in total. The van der Waals surface area contributed by atoms with Gasteiger partial charge in [-0.2, -0.15) is 5.10 Å². The van der Waals surface area contributed by atoms with E-state index in [1.165, 1.54) is 57.1 Å². The van der Waals surface area contributed by atoms with Gasteiger partial charge in [0.25, 0.3) is 0 Å². The highest BCUT2D eigenvalue weighted by atomic mass is 15.2. The molecule has 2 aromatic carbocycles. The molecule has 0 atom stereocenters. The van der Waals surface area contributed by atoms with Crippen LogP contribution in [0.15, 0.2) is 36.5 Å². The van der Waals surface area contributed by atoms with E-state index in [0.717, 1.165) is 18.6 Å². The van der Waals surface area contributed by atoms with E-state index >= 15 is 0 Å². The molecule has 29 heavy (non-hydrogen) atoms. The van der Waals surface area contributed by atoms with E-state index in [-0.39, 0.29) is 0 Å². The summed E-state index contributed by atoms with van der Waals surface area (Å²) in [5.41, 5.74) is 8.99. The maximum Gasteiger partial charge on any atom is 0.0952 e. The van der Waals surface area contributed by atoms with Crippen molar-refractivity contribution in [1.29, 1.82) is 0 Å². The van der Waals surface area contributed by atoms with Crippen molar-refractivity contribution >= 4 is 21.8 Å². The predicted molar refractivity (Wildman–Crippen MR) is 122 cm³/mol. The molecule has 1 aliphatic heterocycles. The van der Waals surface area contributed by atoms with E-state index in [4.69, 9.17) is 0 Å². The van der Waals surface area contributed by atoms with E-state index in [9.17, 15) is 0 Å². The second-order valence-electron chi connectivity index (χ2n) is 8.93. The number of rotatable bonds is 3. The summed E-state index contributed by atoms with van der Waals surface area (Å²) in [6, 6.07) is 11.6. The van der Waals surface area contributed by atoms with E-state index in [1.807, 2.05) is 11.7 Å². The van der Waals surface area contributed by atoms with Crippen molar-refractivity contribution in [2.75, 3.05) is 13.1 Å². The van der Waals surface area contributed by atoms with Gasteiger partial charge in [-0.3, -0.25) is 4.68 Å². The second-order valence-corrected chi connectivity index (χ2v) is 8.93. The van der Waals surface area contributed by atoms with Crippen LogP contribution in [0.4, 0.5) is 0 Å². The maximum absolute atomic E-state index is 4.61. The van der Waals surface area contributed by atoms with Crippen LogP contribution < -0.4 is 5.32 Å². The minimum absolute atomic E-state index is 0.451. The third-order valence-electron chi connectivity index (χ3n) is 6.45. The highest BCUT2D eigenvalue weighted by Gasteiger charge is 2.20. The smallest absolute Gasteiger partial charge is 0.0952 e. The van der Waals surface area contributed by atoms with Crippen molar-refractivity contribution < 1.29 is 0 Å². The van der Waals surface area contributed by atoms with E-state index in [1.54, 1.807) is 0 Å². The molecule has 0 amide bonds. The average Bonchev–Trinajstić information content (AvgIpc) is 3.28. The van der Waals surface area contributed by atoms with E-state index in [2.05, 4.69) is 72.7 Å². The molecule has 1 aliphatic rings. The number of fused-ring (bicyclic) bond motifs is 2. The van der Waals surface area contributed by atoms with Gasteiger partial charge in [-0.1, -0.05) is 19.9 Å². The number of aromatic amines is 1. The lowest BCUT2D eigenvalue weighted by molar-refractivity contribution is 0.460. The molecule has 0 bridgehead atoms.